The number of fused-ring (bicyclic) bond motifs is 1. The van der Waals surface area contributed by atoms with E-state index in [9.17, 15) is 19.5 Å². The number of amides is 1. The summed E-state index contributed by atoms with van der Waals surface area (Å²) in [5.74, 6) is -2.08. The fourth-order valence-corrected chi connectivity index (χ4v) is 6.65. The summed E-state index contributed by atoms with van der Waals surface area (Å²) in [6.45, 7) is 2.28. The molecule has 46 heavy (non-hydrogen) atoms. The number of Topliss-reactive ketones (excluding diaryl/α,β-unsaturated/α-hetero) is 1. The van der Waals surface area contributed by atoms with E-state index in [0.29, 0.717) is 30.1 Å². The Hall–Kier alpha value is -4.74. The number of hydrogen-bond donors (Lipinski definition) is 1. The Balaban J connectivity index is 1.35. The number of ketones is 1. The van der Waals surface area contributed by atoms with Gasteiger partial charge in [-0.1, -0.05) is 41.9 Å². The van der Waals surface area contributed by atoms with Gasteiger partial charge in [-0.15, -0.1) is 5.10 Å². The van der Waals surface area contributed by atoms with Crippen molar-refractivity contribution in [2.24, 2.45) is 0 Å². The fourth-order valence-electron chi connectivity index (χ4n) is 6.48. The maximum Gasteiger partial charge on any atom is 0.335 e. The molecule has 2 aliphatic heterocycles. The highest BCUT2D eigenvalue weighted by molar-refractivity contribution is 6.31. The van der Waals surface area contributed by atoms with Crippen molar-refractivity contribution in [3.63, 3.8) is 0 Å². The summed E-state index contributed by atoms with van der Waals surface area (Å²) >= 11 is 6.08. The number of carboxylic acid groups (broad SMARTS) is 1. The molecule has 1 N–H and O–H groups in total. The Morgan fingerprint density at radius 1 is 1.02 bits per heavy atom. The van der Waals surface area contributed by atoms with Crippen LogP contribution in [-0.2, 0) is 22.4 Å². The molecule has 10 nitrogen and oxygen atoms in total. The number of halogens is 2. The monoisotopic (exact) mass is 642 g/mol. The summed E-state index contributed by atoms with van der Waals surface area (Å²) < 4.78 is 16.5. The van der Waals surface area contributed by atoms with Gasteiger partial charge in [0, 0.05) is 24.6 Å². The van der Waals surface area contributed by atoms with Crippen LogP contribution in [0.1, 0.15) is 63.0 Å². The molecule has 0 unspecified atom stereocenters. The summed E-state index contributed by atoms with van der Waals surface area (Å²) in [6.07, 6.45) is 6.50. The van der Waals surface area contributed by atoms with E-state index in [1.165, 1.54) is 51.8 Å². The number of piperidine rings is 1. The molecule has 0 bridgehead atoms. The van der Waals surface area contributed by atoms with Crippen LogP contribution in [-0.4, -0.2) is 79.5 Å². The van der Waals surface area contributed by atoms with Crippen molar-refractivity contribution in [2.45, 2.75) is 37.6 Å². The van der Waals surface area contributed by atoms with Gasteiger partial charge in [0.1, 0.15) is 12.4 Å². The van der Waals surface area contributed by atoms with Gasteiger partial charge < -0.3 is 14.9 Å². The van der Waals surface area contributed by atoms with E-state index >= 15 is 4.39 Å². The molecule has 1 fully saturated rings. The summed E-state index contributed by atoms with van der Waals surface area (Å²) in [4.78, 5) is 43.2. The maximum absolute atomic E-state index is 15.2. The molecule has 0 saturated carbocycles. The van der Waals surface area contributed by atoms with E-state index in [2.05, 4.69) is 33.5 Å². The second-order valence-corrected chi connectivity index (χ2v) is 12.1. The molecule has 1 atom stereocenters. The number of likely N-dealkylation sites (tertiary alicyclic amines) is 1. The molecular weight excluding hydrogens is 611 g/mol. The van der Waals surface area contributed by atoms with Crippen molar-refractivity contribution in [3.05, 3.63) is 111 Å². The Kier molecular flexibility index (Phi) is 9.05. The standard InChI is InChI=1S/C34H32ClFN6O4/c1-40-16-13-22(14-17-40)24-3-2-4-26-25(24)15-18-41(33(26)30(43)19-21-5-7-23(8-6-21)34(45)46)31(44)12-9-27-29(42-20-37-38-39-42)11-10-28(35)32(27)36/h2-12,20,22,33H,13-19H2,1H3,(H,45,46)/b12-9+/t33-/m0/s1. The molecule has 1 aromatic heterocycles. The third-order valence-electron chi connectivity index (χ3n) is 8.88. The lowest BCUT2D eigenvalue weighted by Gasteiger charge is -2.38. The number of aromatic carboxylic acids is 1. The van der Waals surface area contributed by atoms with E-state index in [0.717, 1.165) is 37.1 Å². The zero-order valence-electron chi connectivity index (χ0n) is 25.1. The number of rotatable bonds is 8. The van der Waals surface area contributed by atoms with Gasteiger partial charge in [-0.25, -0.2) is 9.18 Å². The molecule has 3 aromatic carbocycles. The van der Waals surface area contributed by atoms with Crippen LogP contribution < -0.4 is 0 Å². The summed E-state index contributed by atoms with van der Waals surface area (Å²) in [6, 6.07) is 14.2. The third-order valence-corrected chi connectivity index (χ3v) is 9.17. The number of carbonyl (C=O) groups excluding carboxylic acids is 2. The molecular formula is C34H32ClFN6O4. The van der Waals surface area contributed by atoms with Crippen molar-refractivity contribution in [2.75, 3.05) is 26.7 Å². The smallest absolute Gasteiger partial charge is 0.335 e. The number of nitrogens with zero attached hydrogens (tertiary/aromatic N) is 6. The van der Waals surface area contributed by atoms with Gasteiger partial charge in [-0.05, 0) is 108 Å². The van der Waals surface area contributed by atoms with Crippen LogP contribution in [0.25, 0.3) is 11.8 Å². The zero-order chi connectivity index (χ0) is 32.4. The van der Waals surface area contributed by atoms with E-state index < -0.39 is 23.7 Å². The fraction of sp³-hybridized carbons (Fsp3) is 0.294. The van der Waals surface area contributed by atoms with Crippen molar-refractivity contribution < 1.29 is 23.9 Å². The van der Waals surface area contributed by atoms with Gasteiger partial charge >= 0.3 is 5.97 Å². The van der Waals surface area contributed by atoms with Crippen LogP contribution in [0.15, 0.2) is 67.0 Å². The van der Waals surface area contributed by atoms with Crippen LogP contribution in [0.2, 0.25) is 5.02 Å². The Morgan fingerprint density at radius 3 is 2.46 bits per heavy atom. The molecule has 4 aromatic rings. The third kappa shape index (κ3) is 6.33. The molecule has 1 saturated heterocycles. The largest absolute Gasteiger partial charge is 0.478 e. The molecule has 0 radical (unpaired) electrons. The molecule has 12 heteroatoms. The van der Waals surface area contributed by atoms with Crippen molar-refractivity contribution in [1.82, 2.24) is 30.0 Å². The second-order valence-electron chi connectivity index (χ2n) is 11.7. The van der Waals surface area contributed by atoms with E-state index in [-0.39, 0.29) is 28.4 Å². The predicted molar refractivity (Wildman–Crippen MR) is 169 cm³/mol. The first-order valence-electron chi connectivity index (χ1n) is 15.1. The minimum atomic E-state index is -1.05. The second kappa shape index (κ2) is 13.3. The first kappa shape index (κ1) is 31.3. The summed E-state index contributed by atoms with van der Waals surface area (Å²) in [5.41, 5.74) is 4.20. The minimum Gasteiger partial charge on any atom is -0.478 e. The van der Waals surface area contributed by atoms with E-state index in [1.807, 2.05) is 12.1 Å². The lowest BCUT2D eigenvalue weighted by atomic mass is 9.79. The average Bonchev–Trinajstić information content (AvgIpc) is 3.60. The number of tetrazole rings is 1. The van der Waals surface area contributed by atoms with Gasteiger partial charge in [0.15, 0.2) is 11.6 Å². The topological polar surface area (TPSA) is 122 Å². The lowest BCUT2D eigenvalue weighted by molar-refractivity contribution is -0.136. The van der Waals surface area contributed by atoms with E-state index in [1.54, 1.807) is 18.2 Å². The summed E-state index contributed by atoms with van der Waals surface area (Å²) in [5, 5.41) is 20.2. The molecule has 6 rings (SSSR count). The molecule has 3 heterocycles. The molecule has 0 aliphatic carbocycles. The number of carbonyl (C=O) groups is 3. The van der Waals surface area contributed by atoms with Gasteiger partial charge in [0.25, 0.3) is 0 Å². The first-order valence-corrected chi connectivity index (χ1v) is 15.4. The highest BCUT2D eigenvalue weighted by atomic mass is 35.5. The molecule has 2 aliphatic rings. The first-order chi connectivity index (χ1) is 22.2. The van der Waals surface area contributed by atoms with Gasteiger partial charge in [-0.2, -0.15) is 4.68 Å². The predicted octanol–water partition coefficient (Wildman–Crippen LogP) is 4.91. The van der Waals surface area contributed by atoms with Gasteiger partial charge in [0.2, 0.25) is 5.91 Å². The maximum atomic E-state index is 15.2. The minimum absolute atomic E-state index is 0.00230. The Bertz CT molecular complexity index is 1800. The van der Waals surface area contributed by atoms with E-state index in [4.69, 9.17) is 11.6 Å². The van der Waals surface area contributed by atoms with Crippen molar-refractivity contribution >= 4 is 35.3 Å². The zero-order valence-corrected chi connectivity index (χ0v) is 25.9. The number of carboxylic acids is 1. The molecule has 236 valence electrons. The quantitative estimate of drug-likeness (QED) is 0.269. The highest BCUT2D eigenvalue weighted by Crippen LogP contribution is 2.39. The van der Waals surface area contributed by atoms with Gasteiger partial charge in [0.05, 0.1) is 16.3 Å². The van der Waals surface area contributed by atoms with Crippen LogP contribution in [0.5, 0.6) is 0 Å². The van der Waals surface area contributed by atoms with Crippen molar-refractivity contribution in [1.29, 1.82) is 0 Å². The van der Waals surface area contributed by atoms with Crippen molar-refractivity contribution in [3.8, 4) is 5.69 Å². The highest BCUT2D eigenvalue weighted by Gasteiger charge is 2.37. The number of hydrogen-bond acceptors (Lipinski definition) is 7. The molecule has 1 amide bonds. The van der Waals surface area contributed by atoms with Crippen LogP contribution in [0, 0.1) is 5.82 Å². The average molecular weight is 643 g/mol. The number of aromatic nitrogens is 4. The Labute approximate surface area is 270 Å². The lowest BCUT2D eigenvalue weighted by Crippen LogP contribution is -2.44. The SMILES string of the molecule is CN1CCC(c2cccc3c2CCN(C(=O)/C=C/c2c(-n4cnnn4)ccc(Cl)c2F)[C@@H]3C(=O)Cc2ccc(C(=O)O)cc2)CC1. The Morgan fingerprint density at radius 2 is 1.76 bits per heavy atom. The normalized spacial score (nSPS) is 17.3. The summed E-state index contributed by atoms with van der Waals surface area (Å²) in [7, 11) is 2.12. The van der Waals surface area contributed by atoms with Gasteiger partial charge in [-0.3, -0.25) is 9.59 Å². The van der Waals surface area contributed by atoms with Crippen LogP contribution >= 0.6 is 11.6 Å². The van der Waals surface area contributed by atoms with Crippen LogP contribution in [0.3, 0.4) is 0 Å². The van der Waals surface area contributed by atoms with Crippen LogP contribution in [0.4, 0.5) is 4.39 Å². The number of benzene rings is 3. The molecule has 0 spiro atoms.